The van der Waals surface area contributed by atoms with Crippen LogP contribution in [0.25, 0.3) is 22.2 Å². The minimum absolute atomic E-state index is 0.233. The number of amides is 2. The first-order valence-electron chi connectivity index (χ1n) is 20.3. The molecule has 54 heavy (non-hydrogen) atoms. The van der Waals surface area contributed by atoms with Crippen molar-refractivity contribution in [1.29, 1.82) is 0 Å². The molecule has 11 nitrogen and oxygen atoms in total. The van der Waals surface area contributed by atoms with Gasteiger partial charge in [-0.3, -0.25) is 14.5 Å². The zero-order valence-electron chi connectivity index (χ0n) is 32.5. The third-order valence-corrected chi connectivity index (χ3v) is 14.0. The number of carbonyl (C=O) groups is 2. The molecular formula is C42H59N5O6S. The smallest absolute Gasteiger partial charge is 0.264 e. The Morgan fingerprint density at radius 3 is 2.26 bits per heavy atom. The second kappa shape index (κ2) is 16.7. The minimum Gasteiger partial charge on any atom is -0.497 e. The summed E-state index contributed by atoms with van der Waals surface area (Å²) in [6.07, 6.45) is 9.43. The van der Waals surface area contributed by atoms with Crippen LogP contribution in [-0.4, -0.2) is 117 Å². The van der Waals surface area contributed by atoms with Gasteiger partial charge in [0.15, 0.2) is 0 Å². The van der Waals surface area contributed by atoms with Gasteiger partial charge in [0.1, 0.15) is 5.75 Å². The number of carbonyl (C=O) groups excluding carboxylic acids is 2. The van der Waals surface area contributed by atoms with Gasteiger partial charge in [0.05, 0.1) is 36.7 Å². The van der Waals surface area contributed by atoms with Crippen LogP contribution in [0.3, 0.4) is 0 Å². The number of rotatable bonds is 13. The molecule has 7 rings (SSSR count). The fourth-order valence-electron chi connectivity index (χ4n) is 8.82. The Labute approximate surface area is 321 Å². The summed E-state index contributed by atoms with van der Waals surface area (Å²) < 4.78 is 41.1. The topological polar surface area (TPSA) is 113 Å². The lowest BCUT2D eigenvalue weighted by Crippen LogP contribution is -2.41. The molecule has 1 N–H and O–H groups in total. The molecular weight excluding hydrogens is 703 g/mol. The number of morpholine rings is 1. The molecule has 2 aliphatic carbocycles. The van der Waals surface area contributed by atoms with Crippen LogP contribution in [0.15, 0.2) is 42.5 Å². The molecule has 0 atom stereocenters. The van der Waals surface area contributed by atoms with Crippen LogP contribution >= 0.6 is 0 Å². The van der Waals surface area contributed by atoms with Crippen LogP contribution in [0.1, 0.15) is 93.5 Å². The van der Waals surface area contributed by atoms with E-state index in [1.165, 1.54) is 12.0 Å². The largest absolute Gasteiger partial charge is 0.497 e. The standard InChI is InChI=1S/C42H59N5O6S/c1-31(2)54(50,51)43-40(48)34-13-16-36-37(29-34)47(39(33-11-14-35(52-3)15-12-33)38(36)32-9-5-4-6-10-32)30-42(17-18-42)41(49)46-22-8-21-44(23-24-46)19-7-20-45-25-27-53-28-26-45/h11-16,29,31-32H,4-10,17-28,30H2,1-3H3,(H,43,48). The van der Waals surface area contributed by atoms with Crippen molar-refractivity contribution in [3.05, 3.63) is 53.6 Å². The molecule has 1 aromatic heterocycles. The first-order valence-corrected chi connectivity index (χ1v) is 21.8. The second-order valence-electron chi connectivity index (χ2n) is 16.2. The van der Waals surface area contributed by atoms with E-state index in [1.807, 2.05) is 24.3 Å². The highest BCUT2D eigenvalue weighted by Crippen LogP contribution is 2.52. The van der Waals surface area contributed by atoms with Crippen molar-refractivity contribution in [3.8, 4) is 17.0 Å². The van der Waals surface area contributed by atoms with Gasteiger partial charge in [-0.25, -0.2) is 13.1 Å². The quantitative estimate of drug-likeness (QED) is 0.230. The van der Waals surface area contributed by atoms with E-state index in [0.29, 0.717) is 18.0 Å². The van der Waals surface area contributed by atoms with E-state index < -0.39 is 26.6 Å². The zero-order valence-corrected chi connectivity index (χ0v) is 33.3. The number of methoxy groups -OCH3 is 1. The summed E-state index contributed by atoms with van der Waals surface area (Å²) in [4.78, 5) is 35.3. The molecule has 3 heterocycles. The van der Waals surface area contributed by atoms with Gasteiger partial charge >= 0.3 is 0 Å². The summed E-state index contributed by atoms with van der Waals surface area (Å²) >= 11 is 0. The summed E-state index contributed by atoms with van der Waals surface area (Å²) in [5, 5.41) is 0.331. The van der Waals surface area contributed by atoms with Crippen LogP contribution in [0, 0.1) is 5.41 Å². The number of aromatic nitrogens is 1. The zero-order chi connectivity index (χ0) is 37.9. The molecule has 0 unspecified atom stereocenters. The van der Waals surface area contributed by atoms with Crippen molar-refractivity contribution < 1.29 is 27.5 Å². The molecule has 0 radical (unpaired) electrons. The van der Waals surface area contributed by atoms with Crippen molar-refractivity contribution in [2.24, 2.45) is 5.41 Å². The Kier molecular flexibility index (Phi) is 12.0. The molecule has 294 valence electrons. The maximum Gasteiger partial charge on any atom is 0.264 e. The van der Waals surface area contributed by atoms with Crippen molar-refractivity contribution in [1.82, 2.24) is 24.0 Å². The lowest BCUT2D eigenvalue weighted by Gasteiger charge is -2.29. The Bertz CT molecular complexity index is 1890. The first-order chi connectivity index (χ1) is 26.1. The monoisotopic (exact) mass is 761 g/mol. The number of fused-ring (bicyclic) bond motifs is 1. The van der Waals surface area contributed by atoms with E-state index in [2.05, 4.69) is 36.1 Å². The molecule has 2 saturated carbocycles. The Hall–Kier alpha value is -3.45. The van der Waals surface area contributed by atoms with Crippen molar-refractivity contribution in [2.75, 3.05) is 72.7 Å². The van der Waals surface area contributed by atoms with Gasteiger partial charge in [-0.2, -0.15) is 0 Å². The third-order valence-electron chi connectivity index (χ3n) is 12.3. The van der Waals surface area contributed by atoms with Gasteiger partial charge in [0.25, 0.3) is 5.91 Å². The van der Waals surface area contributed by atoms with Gasteiger partial charge in [0, 0.05) is 55.7 Å². The number of nitrogens with zero attached hydrogens (tertiary/aromatic N) is 4. The van der Waals surface area contributed by atoms with Crippen molar-refractivity contribution in [3.63, 3.8) is 0 Å². The molecule has 0 bridgehead atoms. The van der Waals surface area contributed by atoms with Crippen LogP contribution in [-0.2, 0) is 26.1 Å². The van der Waals surface area contributed by atoms with Crippen LogP contribution < -0.4 is 9.46 Å². The summed E-state index contributed by atoms with van der Waals surface area (Å²) in [5.74, 6) is 0.707. The molecule has 2 amide bonds. The predicted molar refractivity (Wildman–Crippen MR) is 212 cm³/mol. The van der Waals surface area contributed by atoms with Gasteiger partial charge < -0.3 is 23.8 Å². The SMILES string of the molecule is COc1ccc(-c2c(C3CCCCC3)c3ccc(C(=O)NS(=O)(=O)C(C)C)cc3n2CC2(C(=O)N3CCCN(CCCN4CCOCC4)CC3)CC2)cc1. The lowest BCUT2D eigenvalue weighted by atomic mass is 9.81. The second-order valence-corrected chi connectivity index (χ2v) is 18.5. The van der Waals surface area contributed by atoms with Gasteiger partial charge in [-0.15, -0.1) is 0 Å². The Morgan fingerprint density at radius 1 is 0.889 bits per heavy atom. The number of benzene rings is 2. The van der Waals surface area contributed by atoms with Gasteiger partial charge in [0.2, 0.25) is 15.9 Å². The maximum atomic E-state index is 14.7. The summed E-state index contributed by atoms with van der Waals surface area (Å²) in [6.45, 7) is 12.8. The number of ether oxygens (including phenoxy) is 2. The highest BCUT2D eigenvalue weighted by molar-refractivity contribution is 7.90. The summed E-state index contributed by atoms with van der Waals surface area (Å²) in [7, 11) is -2.15. The highest BCUT2D eigenvalue weighted by atomic mass is 32.2. The Balaban J connectivity index is 1.20. The van der Waals surface area contributed by atoms with Crippen molar-refractivity contribution >= 4 is 32.7 Å². The minimum atomic E-state index is -3.82. The lowest BCUT2D eigenvalue weighted by molar-refractivity contribution is -0.137. The van der Waals surface area contributed by atoms with E-state index in [0.717, 1.165) is 145 Å². The van der Waals surface area contributed by atoms with E-state index in [-0.39, 0.29) is 5.91 Å². The Morgan fingerprint density at radius 2 is 1.59 bits per heavy atom. The number of hydrogen-bond acceptors (Lipinski definition) is 8. The normalized spacial score (nSPS) is 20.3. The molecule has 12 heteroatoms. The molecule has 3 aromatic rings. The average molecular weight is 762 g/mol. The van der Waals surface area contributed by atoms with E-state index >= 15 is 0 Å². The fraction of sp³-hybridized carbons (Fsp3) is 0.619. The highest BCUT2D eigenvalue weighted by Gasteiger charge is 2.52. The molecule has 0 spiro atoms. The number of nitrogens with one attached hydrogen (secondary N) is 1. The van der Waals surface area contributed by atoms with E-state index in [1.54, 1.807) is 27.0 Å². The van der Waals surface area contributed by atoms with E-state index in [4.69, 9.17) is 9.47 Å². The van der Waals surface area contributed by atoms with Gasteiger partial charge in [-0.1, -0.05) is 25.3 Å². The van der Waals surface area contributed by atoms with Crippen molar-refractivity contribution in [2.45, 2.75) is 89.3 Å². The average Bonchev–Trinajstić information content (AvgIpc) is 3.95. The maximum absolute atomic E-state index is 14.7. The van der Waals surface area contributed by atoms with Crippen LogP contribution in [0.5, 0.6) is 5.75 Å². The molecule has 2 aliphatic heterocycles. The molecule has 4 aliphatic rings. The first kappa shape index (κ1) is 38.8. The summed E-state index contributed by atoms with van der Waals surface area (Å²) in [6, 6.07) is 13.8. The number of hydrogen-bond donors (Lipinski definition) is 1. The molecule has 2 saturated heterocycles. The van der Waals surface area contributed by atoms with E-state index in [9.17, 15) is 18.0 Å². The van der Waals surface area contributed by atoms with Gasteiger partial charge in [-0.05, 0) is 125 Å². The molecule has 4 fully saturated rings. The number of sulfonamides is 1. The third kappa shape index (κ3) is 8.51. The molecule has 2 aromatic carbocycles. The fourth-order valence-corrected chi connectivity index (χ4v) is 9.43. The summed E-state index contributed by atoms with van der Waals surface area (Å²) in [5.41, 5.74) is 4.04. The van der Waals surface area contributed by atoms with Crippen LogP contribution in [0.4, 0.5) is 0 Å². The predicted octanol–water partition coefficient (Wildman–Crippen LogP) is 5.87. The van der Waals surface area contributed by atoms with Crippen LogP contribution in [0.2, 0.25) is 0 Å².